The zero-order chi connectivity index (χ0) is 14.5. The SMILES string of the molecule is CC(C)NC(C(=O)C(C)C)C(SC(C)C)C(C)C.[HH]. The molecule has 2 unspecified atom stereocenters. The van der Waals surface area contributed by atoms with Crippen LogP contribution in [0, 0.1) is 11.8 Å². The van der Waals surface area contributed by atoms with E-state index in [1.165, 1.54) is 0 Å². The average Bonchev–Trinajstić information content (AvgIpc) is 2.20. The highest BCUT2D eigenvalue weighted by atomic mass is 32.2. The van der Waals surface area contributed by atoms with Crippen molar-refractivity contribution in [2.75, 3.05) is 0 Å². The van der Waals surface area contributed by atoms with Gasteiger partial charge in [-0.05, 0) is 11.2 Å². The zero-order valence-corrected chi connectivity index (χ0v) is 14.1. The number of Topliss-reactive ketones (excluding diaryl/α,β-unsaturated/α-hetero) is 1. The number of nitrogens with one attached hydrogen (secondary N) is 1. The molecular formula is C15H33NOS. The lowest BCUT2D eigenvalue weighted by Crippen LogP contribution is -2.51. The fourth-order valence-electron chi connectivity index (χ4n) is 1.99. The molecule has 0 amide bonds. The molecule has 0 saturated heterocycles. The second-order valence-corrected chi connectivity index (χ2v) is 8.01. The molecule has 0 aromatic heterocycles. The van der Waals surface area contributed by atoms with Crippen LogP contribution in [0.25, 0.3) is 0 Å². The third-order valence-electron chi connectivity index (χ3n) is 2.80. The Balaban J connectivity index is 0. The Morgan fingerprint density at radius 1 is 1.00 bits per heavy atom. The molecule has 0 rings (SSSR count). The molecule has 0 aromatic carbocycles. The lowest BCUT2D eigenvalue weighted by Gasteiger charge is -2.33. The van der Waals surface area contributed by atoms with Crippen LogP contribution in [-0.4, -0.2) is 28.4 Å². The second-order valence-electron chi connectivity index (χ2n) is 6.25. The molecule has 110 valence electrons. The average molecular weight is 276 g/mol. The Morgan fingerprint density at radius 3 is 1.78 bits per heavy atom. The van der Waals surface area contributed by atoms with Crippen molar-refractivity contribution >= 4 is 17.5 Å². The second kappa shape index (κ2) is 8.21. The van der Waals surface area contributed by atoms with Gasteiger partial charge in [-0.15, -0.1) is 0 Å². The molecule has 18 heavy (non-hydrogen) atoms. The number of carbonyl (C=O) groups is 1. The monoisotopic (exact) mass is 275 g/mol. The summed E-state index contributed by atoms with van der Waals surface area (Å²) in [5.41, 5.74) is 0. The Kier molecular flexibility index (Phi) is 8.20. The van der Waals surface area contributed by atoms with Crippen molar-refractivity contribution < 1.29 is 6.22 Å². The number of rotatable bonds is 8. The minimum Gasteiger partial charge on any atom is -0.304 e. The molecule has 0 radical (unpaired) electrons. The first kappa shape index (κ1) is 18.0. The largest absolute Gasteiger partial charge is 0.304 e. The molecule has 0 aliphatic rings. The van der Waals surface area contributed by atoms with Crippen molar-refractivity contribution in [3.8, 4) is 0 Å². The number of carbonyl (C=O) groups excluding carboxylic acids is 1. The van der Waals surface area contributed by atoms with E-state index in [1.54, 1.807) is 0 Å². The molecular weight excluding hydrogens is 242 g/mol. The number of hydrogen-bond acceptors (Lipinski definition) is 3. The summed E-state index contributed by atoms with van der Waals surface area (Å²) in [5, 5.41) is 4.38. The summed E-state index contributed by atoms with van der Waals surface area (Å²) < 4.78 is 0. The van der Waals surface area contributed by atoms with Gasteiger partial charge in [-0.3, -0.25) is 4.79 Å². The summed E-state index contributed by atoms with van der Waals surface area (Å²) in [6.07, 6.45) is 0. The Morgan fingerprint density at radius 2 is 1.50 bits per heavy atom. The van der Waals surface area contributed by atoms with Crippen molar-refractivity contribution in [3.63, 3.8) is 0 Å². The third kappa shape index (κ3) is 6.24. The van der Waals surface area contributed by atoms with Crippen LogP contribution in [0.4, 0.5) is 0 Å². The predicted molar refractivity (Wildman–Crippen MR) is 85.4 cm³/mol. The van der Waals surface area contributed by atoms with Crippen molar-refractivity contribution in [2.45, 2.75) is 78.0 Å². The van der Waals surface area contributed by atoms with Gasteiger partial charge in [-0.2, -0.15) is 11.8 Å². The van der Waals surface area contributed by atoms with Gasteiger partial charge in [0.25, 0.3) is 0 Å². The molecule has 0 bridgehead atoms. The van der Waals surface area contributed by atoms with Crippen molar-refractivity contribution in [1.82, 2.24) is 5.32 Å². The summed E-state index contributed by atoms with van der Waals surface area (Å²) in [6.45, 7) is 17.0. The van der Waals surface area contributed by atoms with Gasteiger partial charge in [0.1, 0.15) is 0 Å². The first-order valence-electron chi connectivity index (χ1n) is 7.12. The summed E-state index contributed by atoms with van der Waals surface area (Å²) >= 11 is 1.92. The summed E-state index contributed by atoms with van der Waals surface area (Å²) in [7, 11) is 0. The number of thioether (sulfide) groups is 1. The van der Waals surface area contributed by atoms with Gasteiger partial charge >= 0.3 is 0 Å². The van der Waals surface area contributed by atoms with Gasteiger partial charge in [0.2, 0.25) is 0 Å². The molecule has 0 spiro atoms. The normalized spacial score (nSPS) is 15.8. The van der Waals surface area contributed by atoms with Gasteiger partial charge in [-0.25, -0.2) is 0 Å². The maximum absolute atomic E-state index is 12.4. The Labute approximate surface area is 119 Å². The summed E-state index contributed by atoms with van der Waals surface area (Å²) in [6, 6.07) is 0.309. The maximum atomic E-state index is 12.4. The van der Waals surface area contributed by atoms with Crippen LogP contribution in [0.3, 0.4) is 0 Å². The van der Waals surface area contributed by atoms with Crippen LogP contribution in [0.2, 0.25) is 0 Å². The lowest BCUT2D eigenvalue weighted by molar-refractivity contribution is -0.124. The molecule has 2 nitrogen and oxygen atoms in total. The zero-order valence-electron chi connectivity index (χ0n) is 13.3. The number of hydrogen-bond donors (Lipinski definition) is 1. The highest BCUT2D eigenvalue weighted by Gasteiger charge is 2.32. The van der Waals surface area contributed by atoms with Crippen molar-refractivity contribution in [2.24, 2.45) is 11.8 Å². The molecule has 0 fully saturated rings. The molecule has 1 N–H and O–H groups in total. The van der Waals surface area contributed by atoms with E-state index in [4.69, 9.17) is 0 Å². The van der Waals surface area contributed by atoms with Crippen LogP contribution in [0.5, 0.6) is 0 Å². The summed E-state index contributed by atoms with van der Waals surface area (Å²) in [5.74, 6) is 0.933. The highest BCUT2D eigenvalue weighted by Crippen LogP contribution is 2.28. The smallest absolute Gasteiger partial charge is 0.153 e. The Bertz CT molecular complexity index is 255. The van der Waals surface area contributed by atoms with Crippen LogP contribution in [-0.2, 0) is 4.79 Å². The fourth-order valence-corrected chi connectivity index (χ4v) is 3.30. The van der Waals surface area contributed by atoms with Gasteiger partial charge in [0.05, 0.1) is 6.04 Å². The topological polar surface area (TPSA) is 29.1 Å². The van der Waals surface area contributed by atoms with E-state index in [2.05, 4.69) is 46.9 Å². The molecule has 0 aromatic rings. The summed E-state index contributed by atoms with van der Waals surface area (Å²) in [4.78, 5) is 12.4. The first-order chi connectivity index (χ1) is 8.16. The van der Waals surface area contributed by atoms with Gasteiger partial charge in [0.15, 0.2) is 5.78 Å². The van der Waals surface area contributed by atoms with E-state index >= 15 is 0 Å². The van der Waals surface area contributed by atoms with E-state index in [0.29, 0.717) is 28.2 Å². The van der Waals surface area contributed by atoms with Gasteiger partial charge in [-0.1, -0.05) is 55.4 Å². The Hall–Kier alpha value is -0.0200. The highest BCUT2D eigenvalue weighted by molar-refractivity contribution is 8.00. The maximum Gasteiger partial charge on any atom is 0.153 e. The van der Waals surface area contributed by atoms with E-state index < -0.39 is 0 Å². The minimum atomic E-state index is -0.0302. The molecule has 0 saturated carbocycles. The molecule has 3 heteroatoms. The van der Waals surface area contributed by atoms with Crippen molar-refractivity contribution in [3.05, 3.63) is 0 Å². The van der Waals surface area contributed by atoms with Crippen LogP contribution in [0.1, 0.15) is 56.8 Å². The van der Waals surface area contributed by atoms with E-state index in [1.807, 2.05) is 25.6 Å². The fraction of sp³-hybridized carbons (Fsp3) is 0.933. The first-order valence-corrected chi connectivity index (χ1v) is 8.06. The standard InChI is InChI=1S/C15H31NOS.H2/c1-9(2)14(17)13(16-11(5)6)15(10(3)4)18-12(7)8;/h9-13,15-16H,1-8H3;1H. The predicted octanol–water partition coefficient (Wildman–Crippen LogP) is 3.99. The molecule has 0 aliphatic carbocycles. The van der Waals surface area contributed by atoms with Crippen LogP contribution in [0.15, 0.2) is 0 Å². The van der Waals surface area contributed by atoms with Crippen LogP contribution < -0.4 is 5.32 Å². The lowest BCUT2D eigenvalue weighted by atomic mass is 9.93. The molecule has 0 aliphatic heterocycles. The quantitative estimate of drug-likeness (QED) is 0.726. The third-order valence-corrected chi connectivity index (χ3v) is 4.48. The van der Waals surface area contributed by atoms with Crippen molar-refractivity contribution in [1.29, 1.82) is 0 Å². The van der Waals surface area contributed by atoms with E-state index in [9.17, 15) is 4.79 Å². The number of ketones is 1. The van der Waals surface area contributed by atoms with Gasteiger partial charge < -0.3 is 5.32 Å². The van der Waals surface area contributed by atoms with Crippen LogP contribution >= 0.6 is 11.8 Å². The van der Waals surface area contributed by atoms with E-state index in [-0.39, 0.29) is 13.4 Å². The molecule has 2 atom stereocenters. The van der Waals surface area contributed by atoms with Gasteiger partial charge in [0, 0.05) is 18.6 Å². The van der Waals surface area contributed by atoms with E-state index in [0.717, 1.165) is 0 Å². The molecule has 0 heterocycles. The minimum absolute atomic E-state index is 0.